The number of nitrogens with one attached hydrogen (secondary N) is 1. The van der Waals surface area contributed by atoms with Crippen molar-refractivity contribution in [3.63, 3.8) is 0 Å². The van der Waals surface area contributed by atoms with Crippen LogP contribution in [0.2, 0.25) is 0 Å². The zero-order valence-electron chi connectivity index (χ0n) is 8.33. The summed E-state index contributed by atoms with van der Waals surface area (Å²) >= 11 is 2.29. The van der Waals surface area contributed by atoms with Gasteiger partial charge < -0.3 is 9.73 Å². The van der Waals surface area contributed by atoms with E-state index in [2.05, 4.69) is 45.0 Å². The van der Waals surface area contributed by atoms with Crippen molar-refractivity contribution < 1.29 is 4.42 Å². The van der Waals surface area contributed by atoms with Gasteiger partial charge in [0, 0.05) is 15.7 Å². The summed E-state index contributed by atoms with van der Waals surface area (Å²) in [6, 6.07) is 8.18. The second kappa shape index (κ2) is 4.76. The second-order valence-electron chi connectivity index (χ2n) is 3.17. The van der Waals surface area contributed by atoms with Crippen molar-refractivity contribution in [3.8, 4) is 11.3 Å². The van der Waals surface area contributed by atoms with Crippen molar-refractivity contribution in [1.29, 1.82) is 0 Å². The lowest BCUT2D eigenvalue weighted by Gasteiger charge is -2.01. The first kappa shape index (κ1) is 10.6. The van der Waals surface area contributed by atoms with Crippen molar-refractivity contribution in [2.75, 3.05) is 7.05 Å². The number of halogens is 1. The molecule has 0 aliphatic rings. The van der Waals surface area contributed by atoms with E-state index in [1.165, 1.54) is 9.96 Å². The van der Waals surface area contributed by atoms with E-state index in [4.69, 9.17) is 4.42 Å². The van der Waals surface area contributed by atoms with Gasteiger partial charge in [0.1, 0.15) is 5.69 Å². The van der Waals surface area contributed by atoms with Crippen LogP contribution in [0.5, 0.6) is 0 Å². The molecule has 0 amide bonds. The highest BCUT2D eigenvalue weighted by molar-refractivity contribution is 14.1. The third-order valence-electron chi connectivity index (χ3n) is 2.07. The van der Waals surface area contributed by atoms with Crippen LogP contribution in [-0.2, 0) is 6.54 Å². The Balaban J connectivity index is 2.40. The first-order valence-electron chi connectivity index (χ1n) is 4.64. The Hall–Kier alpha value is -0.880. The molecule has 0 aliphatic carbocycles. The minimum atomic E-state index is 0.720. The summed E-state index contributed by atoms with van der Waals surface area (Å²) in [5, 5.41) is 3.07. The van der Waals surface area contributed by atoms with Gasteiger partial charge in [-0.3, -0.25) is 0 Å². The topological polar surface area (TPSA) is 38.1 Å². The summed E-state index contributed by atoms with van der Waals surface area (Å²) in [7, 11) is 1.90. The van der Waals surface area contributed by atoms with Crippen LogP contribution in [0.1, 0.15) is 5.69 Å². The average molecular weight is 314 g/mol. The Bertz CT molecular complexity index is 453. The molecular weight excluding hydrogens is 303 g/mol. The lowest BCUT2D eigenvalue weighted by Crippen LogP contribution is -2.06. The summed E-state index contributed by atoms with van der Waals surface area (Å²) in [4.78, 5) is 4.18. The SMILES string of the molecule is CNCc1ncoc1-c1cccc(I)c1. The fourth-order valence-corrected chi connectivity index (χ4v) is 1.97. The highest BCUT2D eigenvalue weighted by Crippen LogP contribution is 2.24. The van der Waals surface area contributed by atoms with Gasteiger partial charge in [0.15, 0.2) is 12.2 Å². The lowest BCUT2D eigenvalue weighted by atomic mass is 10.1. The Labute approximate surface area is 102 Å². The third kappa shape index (κ3) is 2.38. The number of aromatic nitrogens is 1. The monoisotopic (exact) mass is 314 g/mol. The maximum absolute atomic E-state index is 5.40. The summed E-state index contributed by atoms with van der Waals surface area (Å²) in [5.41, 5.74) is 2.02. The molecule has 0 aliphatic heterocycles. The van der Waals surface area contributed by atoms with Crippen LogP contribution in [0.4, 0.5) is 0 Å². The van der Waals surface area contributed by atoms with Crippen LogP contribution in [0.3, 0.4) is 0 Å². The maximum atomic E-state index is 5.40. The van der Waals surface area contributed by atoms with Crippen LogP contribution >= 0.6 is 22.6 Å². The standard InChI is InChI=1S/C11H11IN2O/c1-13-6-10-11(15-7-14-10)8-3-2-4-9(12)5-8/h2-5,7,13H,6H2,1H3. The summed E-state index contributed by atoms with van der Waals surface area (Å²) in [6.07, 6.45) is 1.49. The van der Waals surface area contributed by atoms with E-state index in [-0.39, 0.29) is 0 Å². The molecule has 0 unspecified atom stereocenters. The highest BCUT2D eigenvalue weighted by atomic mass is 127. The number of rotatable bonds is 3. The molecule has 0 fully saturated rings. The van der Waals surface area contributed by atoms with Crippen molar-refractivity contribution >= 4 is 22.6 Å². The molecule has 0 saturated carbocycles. The van der Waals surface area contributed by atoms with Gasteiger partial charge in [0.25, 0.3) is 0 Å². The summed E-state index contributed by atoms with van der Waals surface area (Å²) < 4.78 is 6.60. The Morgan fingerprint density at radius 1 is 1.47 bits per heavy atom. The number of oxazole rings is 1. The fourth-order valence-electron chi connectivity index (χ4n) is 1.43. The molecule has 1 aromatic heterocycles. The van der Waals surface area contributed by atoms with Gasteiger partial charge in [-0.25, -0.2) is 4.98 Å². The van der Waals surface area contributed by atoms with E-state index in [9.17, 15) is 0 Å². The predicted molar refractivity (Wildman–Crippen MR) is 67.4 cm³/mol. The smallest absolute Gasteiger partial charge is 0.181 e. The molecular formula is C11H11IN2O. The normalized spacial score (nSPS) is 10.5. The zero-order chi connectivity index (χ0) is 10.7. The molecule has 0 radical (unpaired) electrons. The predicted octanol–water partition coefficient (Wildman–Crippen LogP) is 2.67. The molecule has 3 nitrogen and oxygen atoms in total. The van der Waals surface area contributed by atoms with Gasteiger partial charge in [-0.1, -0.05) is 12.1 Å². The number of nitrogens with zero attached hydrogens (tertiary/aromatic N) is 1. The molecule has 2 rings (SSSR count). The molecule has 1 heterocycles. The van der Waals surface area contributed by atoms with Crippen molar-refractivity contribution in [3.05, 3.63) is 39.9 Å². The van der Waals surface area contributed by atoms with Crippen LogP contribution in [0, 0.1) is 3.57 Å². The fraction of sp³-hybridized carbons (Fsp3) is 0.182. The van der Waals surface area contributed by atoms with Crippen LogP contribution in [0.25, 0.3) is 11.3 Å². The minimum absolute atomic E-state index is 0.720. The average Bonchev–Trinajstić information content (AvgIpc) is 2.66. The molecule has 15 heavy (non-hydrogen) atoms. The minimum Gasteiger partial charge on any atom is -0.443 e. The van der Waals surface area contributed by atoms with E-state index in [1.54, 1.807) is 0 Å². The molecule has 2 aromatic rings. The summed E-state index contributed by atoms with van der Waals surface area (Å²) in [6.45, 7) is 0.720. The highest BCUT2D eigenvalue weighted by Gasteiger charge is 2.09. The first-order valence-corrected chi connectivity index (χ1v) is 5.72. The lowest BCUT2D eigenvalue weighted by molar-refractivity contribution is 0.570. The van der Waals surface area contributed by atoms with Crippen LogP contribution in [-0.4, -0.2) is 12.0 Å². The van der Waals surface area contributed by atoms with E-state index in [0.29, 0.717) is 0 Å². The van der Waals surface area contributed by atoms with Gasteiger partial charge in [0.05, 0.1) is 0 Å². The molecule has 4 heteroatoms. The van der Waals surface area contributed by atoms with E-state index >= 15 is 0 Å². The Morgan fingerprint density at radius 2 is 2.33 bits per heavy atom. The molecule has 1 aromatic carbocycles. The van der Waals surface area contributed by atoms with Crippen molar-refractivity contribution in [2.45, 2.75) is 6.54 Å². The molecule has 1 N–H and O–H groups in total. The molecule has 78 valence electrons. The van der Waals surface area contributed by atoms with E-state index < -0.39 is 0 Å². The Morgan fingerprint density at radius 3 is 3.07 bits per heavy atom. The van der Waals surface area contributed by atoms with E-state index in [0.717, 1.165) is 23.6 Å². The Kier molecular flexibility index (Phi) is 3.37. The number of hydrogen-bond donors (Lipinski definition) is 1. The van der Waals surface area contributed by atoms with E-state index in [1.807, 2.05) is 19.2 Å². The largest absolute Gasteiger partial charge is 0.443 e. The molecule has 0 saturated heterocycles. The van der Waals surface area contributed by atoms with Crippen LogP contribution < -0.4 is 5.32 Å². The maximum Gasteiger partial charge on any atom is 0.181 e. The second-order valence-corrected chi connectivity index (χ2v) is 4.41. The van der Waals surface area contributed by atoms with Gasteiger partial charge in [0.2, 0.25) is 0 Å². The summed E-state index contributed by atoms with van der Waals surface area (Å²) in [5.74, 6) is 0.850. The van der Waals surface area contributed by atoms with Crippen molar-refractivity contribution in [2.24, 2.45) is 0 Å². The van der Waals surface area contributed by atoms with Crippen molar-refractivity contribution in [1.82, 2.24) is 10.3 Å². The number of benzene rings is 1. The first-order chi connectivity index (χ1) is 7.31. The zero-order valence-corrected chi connectivity index (χ0v) is 10.5. The quantitative estimate of drug-likeness (QED) is 0.885. The number of hydrogen-bond acceptors (Lipinski definition) is 3. The third-order valence-corrected chi connectivity index (χ3v) is 2.74. The van der Waals surface area contributed by atoms with Gasteiger partial charge in [-0.15, -0.1) is 0 Å². The molecule has 0 bridgehead atoms. The van der Waals surface area contributed by atoms with Gasteiger partial charge in [-0.2, -0.15) is 0 Å². The molecule has 0 spiro atoms. The molecule has 0 atom stereocenters. The van der Waals surface area contributed by atoms with Gasteiger partial charge >= 0.3 is 0 Å². The van der Waals surface area contributed by atoms with Crippen LogP contribution in [0.15, 0.2) is 35.1 Å². The van der Waals surface area contributed by atoms with Gasteiger partial charge in [-0.05, 0) is 41.8 Å².